The van der Waals surface area contributed by atoms with Crippen molar-refractivity contribution in [3.63, 3.8) is 0 Å². The maximum atomic E-state index is 5.97. The van der Waals surface area contributed by atoms with Gasteiger partial charge in [-0.05, 0) is 67.1 Å². The van der Waals surface area contributed by atoms with Gasteiger partial charge >= 0.3 is 0 Å². The van der Waals surface area contributed by atoms with Crippen molar-refractivity contribution in [3.8, 4) is 0 Å². The Morgan fingerprint density at radius 2 is 1.57 bits per heavy atom. The van der Waals surface area contributed by atoms with Gasteiger partial charge < -0.3 is 5.32 Å². The molecule has 21 heavy (non-hydrogen) atoms. The fraction of sp³-hybridized carbons (Fsp3) is 0.368. The van der Waals surface area contributed by atoms with Gasteiger partial charge in [0, 0.05) is 17.6 Å². The lowest BCUT2D eigenvalue weighted by atomic mass is 9.99. The first-order valence-corrected chi connectivity index (χ1v) is 7.94. The third-order valence-corrected chi connectivity index (χ3v) is 4.42. The van der Waals surface area contributed by atoms with Crippen LogP contribution in [0.4, 0.5) is 0 Å². The van der Waals surface area contributed by atoms with Crippen LogP contribution < -0.4 is 5.32 Å². The van der Waals surface area contributed by atoms with E-state index in [1.165, 1.54) is 27.8 Å². The second kappa shape index (κ2) is 7.11. The van der Waals surface area contributed by atoms with Gasteiger partial charge in [-0.2, -0.15) is 0 Å². The summed E-state index contributed by atoms with van der Waals surface area (Å²) in [7, 11) is 0. The van der Waals surface area contributed by atoms with Crippen LogP contribution in [0, 0.1) is 20.8 Å². The van der Waals surface area contributed by atoms with E-state index in [4.69, 9.17) is 11.6 Å². The molecule has 0 aliphatic rings. The van der Waals surface area contributed by atoms with Crippen LogP contribution in [0.2, 0.25) is 5.02 Å². The molecule has 1 N–H and O–H groups in total. The van der Waals surface area contributed by atoms with Gasteiger partial charge in [0.15, 0.2) is 0 Å². The van der Waals surface area contributed by atoms with Crippen molar-refractivity contribution in [1.82, 2.24) is 5.32 Å². The molecule has 1 nitrogen and oxygen atoms in total. The molecule has 0 aliphatic heterocycles. The Kier molecular flexibility index (Phi) is 5.44. The minimum atomic E-state index is 0.364. The maximum absolute atomic E-state index is 5.97. The first-order valence-electron chi connectivity index (χ1n) is 7.56. The lowest BCUT2D eigenvalue weighted by molar-refractivity contribution is 0.518. The van der Waals surface area contributed by atoms with Crippen LogP contribution >= 0.6 is 11.6 Å². The zero-order chi connectivity index (χ0) is 15.4. The van der Waals surface area contributed by atoms with Crippen molar-refractivity contribution >= 4 is 11.6 Å². The molecule has 2 rings (SSSR count). The van der Waals surface area contributed by atoms with Crippen LogP contribution in [-0.2, 0) is 6.54 Å². The first-order chi connectivity index (χ1) is 10.0. The molecular formula is C19H24ClN. The van der Waals surface area contributed by atoms with Crippen LogP contribution in [0.15, 0.2) is 36.4 Å². The van der Waals surface area contributed by atoms with E-state index in [2.05, 4.69) is 57.3 Å². The number of rotatable bonds is 5. The number of hydrogen-bond acceptors (Lipinski definition) is 1. The average molecular weight is 302 g/mol. The Balaban J connectivity index is 2.10. The Labute approximate surface area is 133 Å². The second-order valence-electron chi connectivity index (χ2n) is 5.76. The van der Waals surface area contributed by atoms with E-state index in [1.807, 2.05) is 12.1 Å². The van der Waals surface area contributed by atoms with Gasteiger partial charge in [-0.25, -0.2) is 0 Å². The molecule has 0 heterocycles. The lowest BCUT2D eigenvalue weighted by Gasteiger charge is -2.19. The van der Waals surface area contributed by atoms with Crippen molar-refractivity contribution in [2.45, 2.75) is 46.7 Å². The summed E-state index contributed by atoms with van der Waals surface area (Å²) in [6.45, 7) is 9.64. The third-order valence-electron chi connectivity index (χ3n) is 4.17. The molecule has 2 aromatic rings. The Hall–Kier alpha value is -1.31. The lowest BCUT2D eigenvalue weighted by Crippen LogP contribution is -2.20. The summed E-state index contributed by atoms with van der Waals surface area (Å²) in [4.78, 5) is 0. The molecule has 0 fully saturated rings. The normalized spacial score (nSPS) is 12.4. The quantitative estimate of drug-likeness (QED) is 0.768. The molecular weight excluding hydrogens is 278 g/mol. The SMILES string of the molecule is CCC(NCc1cc(C)c(C)cc1C)c1ccc(Cl)cc1. The van der Waals surface area contributed by atoms with Gasteiger partial charge in [0.1, 0.15) is 0 Å². The second-order valence-corrected chi connectivity index (χ2v) is 6.19. The smallest absolute Gasteiger partial charge is 0.0406 e. The highest BCUT2D eigenvalue weighted by molar-refractivity contribution is 6.30. The molecule has 1 atom stereocenters. The minimum absolute atomic E-state index is 0.364. The molecule has 0 aliphatic carbocycles. The fourth-order valence-electron chi connectivity index (χ4n) is 2.64. The molecule has 2 aromatic carbocycles. The molecule has 0 saturated heterocycles. The topological polar surface area (TPSA) is 12.0 Å². The van der Waals surface area contributed by atoms with Crippen LogP contribution in [0.25, 0.3) is 0 Å². The van der Waals surface area contributed by atoms with Gasteiger partial charge in [0.2, 0.25) is 0 Å². The van der Waals surface area contributed by atoms with Crippen LogP contribution in [-0.4, -0.2) is 0 Å². The Morgan fingerprint density at radius 3 is 2.19 bits per heavy atom. The van der Waals surface area contributed by atoms with E-state index in [1.54, 1.807) is 0 Å². The number of aryl methyl sites for hydroxylation is 3. The van der Waals surface area contributed by atoms with E-state index < -0.39 is 0 Å². The summed E-state index contributed by atoms with van der Waals surface area (Å²) < 4.78 is 0. The van der Waals surface area contributed by atoms with Crippen molar-refractivity contribution < 1.29 is 0 Å². The van der Waals surface area contributed by atoms with E-state index in [-0.39, 0.29) is 0 Å². The molecule has 112 valence electrons. The van der Waals surface area contributed by atoms with Crippen molar-refractivity contribution in [2.75, 3.05) is 0 Å². The largest absolute Gasteiger partial charge is 0.306 e. The van der Waals surface area contributed by atoms with Gasteiger partial charge in [-0.15, -0.1) is 0 Å². The summed E-state index contributed by atoms with van der Waals surface area (Å²) in [5, 5.41) is 4.46. The van der Waals surface area contributed by atoms with Crippen LogP contribution in [0.5, 0.6) is 0 Å². The average Bonchev–Trinajstić information content (AvgIpc) is 2.46. The van der Waals surface area contributed by atoms with Crippen LogP contribution in [0.1, 0.15) is 47.2 Å². The monoisotopic (exact) mass is 301 g/mol. The standard InChI is InChI=1S/C19H24ClN/c1-5-19(16-6-8-18(20)9-7-16)21-12-17-11-14(3)13(2)10-15(17)4/h6-11,19,21H,5,12H2,1-4H3. The maximum Gasteiger partial charge on any atom is 0.0406 e. The molecule has 0 amide bonds. The van der Waals surface area contributed by atoms with Crippen LogP contribution in [0.3, 0.4) is 0 Å². The summed E-state index contributed by atoms with van der Waals surface area (Å²) in [6, 6.07) is 13.1. The molecule has 0 bridgehead atoms. The molecule has 0 aromatic heterocycles. The van der Waals surface area contributed by atoms with E-state index in [0.717, 1.165) is 18.0 Å². The summed E-state index contributed by atoms with van der Waals surface area (Å²) in [5.41, 5.74) is 6.75. The first kappa shape index (κ1) is 16.1. The zero-order valence-electron chi connectivity index (χ0n) is 13.3. The van der Waals surface area contributed by atoms with E-state index >= 15 is 0 Å². The van der Waals surface area contributed by atoms with Gasteiger partial charge in [-0.1, -0.05) is 42.8 Å². The van der Waals surface area contributed by atoms with Gasteiger partial charge in [0.05, 0.1) is 0 Å². The highest BCUT2D eigenvalue weighted by Gasteiger charge is 2.10. The summed E-state index contributed by atoms with van der Waals surface area (Å²) in [6.07, 6.45) is 1.06. The third kappa shape index (κ3) is 4.09. The van der Waals surface area contributed by atoms with E-state index in [0.29, 0.717) is 6.04 Å². The Bertz CT molecular complexity index is 602. The van der Waals surface area contributed by atoms with Gasteiger partial charge in [-0.3, -0.25) is 0 Å². The molecule has 1 unspecified atom stereocenters. The fourth-order valence-corrected chi connectivity index (χ4v) is 2.76. The Morgan fingerprint density at radius 1 is 0.952 bits per heavy atom. The molecule has 2 heteroatoms. The number of benzene rings is 2. The van der Waals surface area contributed by atoms with Gasteiger partial charge in [0.25, 0.3) is 0 Å². The molecule has 0 radical (unpaired) electrons. The summed E-state index contributed by atoms with van der Waals surface area (Å²) >= 11 is 5.97. The number of nitrogens with one attached hydrogen (secondary N) is 1. The predicted octanol–water partition coefficient (Wildman–Crippen LogP) is 5.51. The zero-order valence-corrected chi connectivity index (χ0v) is 14.1. The predicted molar refractivity (Wildman–Crippen MR) is 92.0 cm³/mol. The minimum Gasteiger partial charge on any atom is -0.306 e. The summed E-state index contributed by atoms with van der Waals surface area (Å²) in [5.74, 6) is 0. The van der Waals surface area contributed by atoms with Crippen molar-refractivity contribution in [2.24, 2.45) is 0 Å². The molecule has 0 saturated carbocycles. The molecule has 0 spiro atoms. The van der Waals surface area contributed by atoms with Crippen molar-refractivity contribution in [1.29, 1.82) is 0 Å². The van der Waals surface area contributed by atoms with E-state index in [9.17, 15) is 0 Å². The van der Waals surface area contributed by atoms with Crippen molar-refractivity contribution in [3.05, 3.63) is 69.2 Å². The number of halogens is 1. The highest BCUT2D eigenvalue weighted by atomic mass is 35.5. The highest BCUT2D eigenvalue weighted by Crippen LogP contribution is 2.21. The number of hydrogen-bond donors (Lipinski definition) is 1.